The van der Waals surface area contributed by atoms with Gasteiger partial charge in [0.1, 0.15) is 0 Å². The van der Waals surface area contributed by atoms with E-state index in [9.17, 15) is 25.3 Å². The maximum atomic E-state index is 11.2. The molecular weight excluding hydrogens is 280 g/mol. The number of hydrogen-bond acceptors (Lipinski definition) is 6. The number of sulfone groups is 2. The van der Waals surface area contributed by atoms with Gasteiger partial charge < -0.3 is 0 Å². The zero-order valence-corrected chi connectivity index (χ0v) is 11.1. The van der Waals surface area contributed by atoms with Gasteiger partial charge in [0.05, 0.1) is 23.0 Å². The van der Waals surface area contributed by atoms with Gasteiger partial charge in [-0.3, -0.25) is 4.55 Å². The highest BCUT2D eigenvalue weighted by molar-refractivity contribution is 7.95. The van der Waals surface area contributed by atoms with Gasteiger partial charge in [0.25, 0.3) is 10.1 Å². The Bertz CT molecular complexity index is 510. The Hall–Kier alpha value is -0.190. The van der Waals surface area contributed by atoms with E-state index in [1.807, 2.05) is 0 Å². The van der Waals surface area contributed by atoms with Crippen molar-refractivity contribution in [2.24, 2.45) is 0 Å². The van der Waals surface area contributed by atoms with E-state index in [4.69, 9.17) is 4.55 Å². The van der Waals surface area contributed by atoms with Crippen molar-refractivity contribution >= 4 is 29.8 Å². The van der Waals surface area contributed by atoms with E-state index >= 15 is 0 Å². The van der Waals surface area contributed by atoms with Gasteiger partial charge >= 0.3 is 0 Å². The Morgan fingerprint density at radius 2 is 1.12 bits per heavy atom. The highest BCUT2D eigenvalue weighted by Gasteiger charge is 2.19. The van der Waals surface area contributed by atoms with Crippen LogP contribution in [0.4, 0.5) is 0 Å². The first-order valence-corrected chi connectivity index (χ1v) is 9.58. The summed E-state index contributed by atoms with van der Waals surface area (Å²) in [5.74, 6) is -3.01. The summed E-state index contributed by atoms with van der Waals surface area (Å²) in [6.45, 7) is 1.39. The Morgan fingerprint density at radius 1 is 0.750 bits per heavy atom. The van der Waals surface area contributed by atoms with Gasteiger partial charge in [-0.2, -0.15) is 8.42 Å². The Kier molecular flexibility index (Phi) is 5.36. The fourth-order valence-electron chi connectivity index (χ4n) is 0.733. The van der Waals surface area contributed by atoms with Crippen molar-refractivity contribution in [2.45, 2.75) is 6.92 Å². The molecule has 0 aliphatic rings. The minimum absolute atomic E-state index is 0.166. The second-order valence-electron chi connectivity index (χ2n) is 3.17. The highest BCUT2D eigenvalue weighted by Crippen LogP contribution is 1.98. The van der Waals surface area contributed by atoms with E-state index in [-0.39, 0.29) is 5.75 Å². The summed E-state index contributed by atoms with van der Waals surface area (Å²) in [7, 11) is -11.5. The second-order valence-corrected chi connectivity index (χ2v) is 9.52. The van der Waals surface area contributed by atoms with Gasteiger partial charge in [0, 0.05) is 5.75 Å². The van der Waals surface area contributed by atoms with Gasteiger partial charge in [-0.25, -0.2) is 16.8 Å². The molecule has 10 heteroatoms. The molecule has 0 saturated carbocycles. The molecule has 0 aromatic rings. The molecule has 16 heavy (non-hydrogen) atoms. The summed E-state index contributed by atoms with van der Waals surface area (Å²) < 4.78 is 73.4. The molecule has 0 aromatic heterocycles. The fraction of sp³-hybridized carbons (Fsp3) is 1.00. The maximum absolute atomic E-state index is 11.2. The van der Waals surface area contributed by atoms with Gasteiger partial charge in [-0.1, -0.05) is 6.92 Å². The first-order valence-electron chi connectivity index (χ1n) is 4.33. The molecule has 0 fully saturated rings. The van der Waals surface area contributed by atoms with Crippen LogP contribution in [0, 0.1) is 0 Å². The van der Waals surface area contributed by atoms with Crippen LogP contribution in [-0.2, 0) is 29.8 Å². The topological polar surface area (TPSA) is 123 Å². The molecular formula is C6H14O7S3. The molecule has 0 atom stereocenters. The van der Waals surface area contributed by atoms with E-state index in [2.05, 4.69) is 0 Å². The van der Waals surface area contributed by atoms with Crippen molar-refractivity contribution < 1.29 is 29.8 Å². The zero-order valence-electron chi connectivity index (χ0n) is 8.66. The molecule has 0 heterocycles. The van der Waals surface area contributed by atoms with Crippen LogP contribution in [0.15, 0.2) is 0 Å². The lowest BCUT2D eigenvalue weighted by Gasteiger charge is -2.03. The van der Waals surface area contributed by atoms with Gasteiger partial charge in [0.15, 0.2) is 19.7 Å². The van der Waals surface area contributed by atoms with Crippen LogP contribution in [0.3, 0.4) is 0 Å². The number of hydrogen-bond donors (Lipinski definition) is 1. The fourth-order valence-corrected chi connectivity index (χ4v) is 5.12. The molecule has 0 aromatic carbocycles. The zero-order chi connectivity index (χ0) is 13.0. The molecule has 0 saturated heterocycles. The Balaban J connectivity index is 4.40. The van der Waals surface area contributed by atoms with Crippen molar-refractivity contribution in [3.63, 3.8) is 0 Å². The van der Waals surface area contributed by atoms with Gasteiger partial charge in [0.2, 0.25) is 0 Å². The first kappa shape index (κ1) is 15.8. The molecule has 0 amide bonds. The van der Waals surface area contributed by atoms with E-state index in [0.717, 1.165) is 0 Å². The summed E-state index contributed by atoms with van der Waals surface area (Å²) in [4.78, 5) is 0. The van der Waals surface area contributed by atoms with Crippen LogP contribution in [0.5, 0.6) is 0 Å². The normalized spacial score (nSPS) is 13.9. The summed E-state index contributed by atoms with van der Waals surface area (Å²) in [6.07, 6.45) is 0. The molecule has 0 rings (SSSR count). The predicted octanol–water partition coefficient (Wildman–Crippen LogP) is -1.28. The van der Waals surface area contributed by atoms with E-state index < -0.39 is 52.8 Å². The van der Waals surface area contributed by atoms with Crippen LogP contribution in [0.1, 0.15) is 6.92 Å². The van der Waals surface area contributed by atoms with Crippen molar-refractivity contribution in [3.8, 4) is 0 Å². The summed E-state index contributed by atoms with van der Waals surface area (Å²) in [5.41, 5.74) is 0. The summed E-state index contributed by atoms with van der Waals surface area (Å²) >= 11 is 0. The largest absolute Gasteiger partial charge is 0.286 e. The average molecular weight is 294 g/mol. The summed E-state index contributed by atoms with van der Waals surface area (Å²) in [5, 5.41) is 0. The third kappa shape index (κ3) is 8.02. The quantitative estimate of drug-likeness (QED) is 0.580. The molecule has 0 aliphatic carbocycles. The Morgan fingerprint density at radius 3 is 1.50 bits per heavy atom. The predicted molar refractivity (Wildman–Crippen MR) is 59.4 cm³/mol. The first-order chi connectivity index (χ1) is 6.97. The third-order valence-corrected chi connectivity index (χ3v) is 6.39. The standard InChI is InChI=1S/C6H14O7S3/c1-2-14(7,8)3-4-15(9,10)5-6-16(11,12)13/h2-6H2,1H3,(H,11,12,13). The molecule has 98 valence electrons. The minimum atomic E-state index is -4.35. The van der Waals surface area contributed by atoms with Crippen LogP contribution in [-0.4, -0.2) is 58.6 Å². The van der Waals surface area contributed by atoms with Crippen LogP contribution in [0.2, 0.25) is 0 Å². The SMILES string of the molecule is CCS(=O)(=O)CCS(=O)(=O)CCS(=O)(=O)O. The van der Waals surface area contributed by atoms with Crippen LogP contribution in [0.25, 0.3) is 0 Å². The smallest absolute Gasteiger partial charge is 0.265 e. The molecule has 0 aliphatic heterocycles. The van der Waals surface area contributed by atoms with Crippen LogP contribution < -0.4 is 0 Å². The van der Waals surface area contributed by atoms with E-state index in [1.165, 1.54) is 6.92 Å². The van der Waals surface area contributed by atoms with Crippen molar-refractivity contribution in [1.82, 2.24) is 0 Å². The molecule has 0 unspecified atom stereocenters. The van der Waals surface area contributed by atoms with Crippen molar-refractivity contribution in [1.29, 1.82) is 0 Å². The van der Waals surface area contributed by atoms with Crippen molar-refractivity contribution in [2.75, 3.05) is 28.8 Å². The minimum Gasteiger partial charge on any atom is -0.286 e. The molecule has 0 radical (unpaired) electrons. The lowest BCUT2D eigenvalue weighted by Crippen LogP contribution is -2.24. The molecule has 0 spiro atoms. The number of rotatable bonds is 7. The highest BCUT2D eigenvalue weighted by atomic mass is 32.2. The average Bonchev–Trinajstić information content (AvgIpc) is 2.12. The summed E-state index contributed by atoms with van der Waals surface area (Å²) in [6, 6.07) is 0. The van der Waals surface area contributed by atoms with Crippen LogP contribution >= 0.6 is 0 Å². The van der Waals surface area contributed by atoms with Gasteiger partial charge in [-0.15, -0.1) is 0 Å². The molecule has 0 bridgehead atoms. The monoisotopic (exact) mass is 294 g/mol. The van der Waals surface area contributed by atoms with E-state index in [1.54, 1.807) is 0 Å². The molecule has 7 nitrogen and oxygen atoms in total. The lowest BCUT2D eigenvalue weighted by atomic mass is 10.9. The van der Waals surface area contributed by atoms with Crippen molar-refractivity contribution in [3.05, 3.63) is 0 Å². The third-order valence-electron chi connectivity index (χ3n) is 1.80. The lowest BCUT2D eigenvalue weighted by molar-refractivity contribution is 0.484. The maximum Gasteiger partial charge on any atom is 0.265 e. The van der Waals surface area contributed by atoms with Gasteiger partial charge in [-0.05, 0) is 0 Å². The van der Waals surface area contributed by atoms with E-state index in [0.29, 0.717) is 0 Å². The Labute approximate surface area is 95.4 Å². The molecule has 1 N–H and O–H groups in total. The second kappa shape index (κ2) is 5.43.